The maximum Gasteiger partial charge on any atom is 0.154 e. The van der Waals surface area contributed by atoms with Gasteiger partial charge in [0.05, 0.1) is 29.3 Å². The number of allylic oxidation sites excluding steroid dienone is 2. The molecule has 1 heterocycles. The molecule has 0 aromatic heterocycles. The summed E-state index contributed by atoms with van der Waals surface area (Å²) in [6.07, 6.45) is 3.44. The summed E-state index contributed by atoms with van der Waals surface area (Å²) in [7, 11) is 0. The van der Waals surface area contributed by atoms with Crippen molar-refractivity contribution in [1.29, 1.82) is 0 Å². The van der Waals surface area contributed by atoms with Crippen LogP contribution in [-0.4, -0.2) is 41.3 Å². The standard InChI is InChI=1S/C24H26Cl2F2N2O3/c25-14-9-10-17(19(27)11-14)24(29)13-30-23(20(33)8-3-1-2-5-15(32)12-31)21(24)16-6-4-7-18(26)22(16)28/h1,3-4,6-7,9-11,15,21,23,30-32H,2,5,8,12-13,29H2/b3-1+/t15-,21-,23-,24-/m0/s1. The quantitative estimate of drug-likeness (QED) is 0.394. The number of benzene rings is 2. The molecule has 178 valence electrons. The zero-order valence-electron chi connectivity index (χ0n) is 17.8. The second-order valence-electron chi connectivity index (χ2n) is 8.20. The fourth-order valence-corrected chi connectivity index (χ4v) is 4.62. The second-order valence-corrected chi connectivity index (χ2v) is 9.04. The Labute approximate surface area is 201 Å². The van der Waals surface area contributed by atoms with E-state index in [-0.39, 0.29) is 46.5 Å². The van der Waals surface area contributed by atoms with E-state index in [9.17, 15) is 14.3 Å². The number of nitrogens with two attached hydrogens (primary N) is 1. The predicted molar refractivity (Wildman–Crippen MR) is 124 cm³/mol. The molecule has 1 saturated heterocycles. The van der Waals surface area contributed by atoms with E-state index in [1.54, 1.807) is 18.2 Å². The first kappa shape index (κ1) is 25.7. The number of hydrogen-bond donors (Lipinski definition) is 4. The third kappa shape index (κ3) is 5.62. The van der Waals surface area contributed by atoms with Gasteiger partial charge in [0.2, 0.25) is 0 Å². The van der Waals surface area contributed by atoms with Crippen LogP contribution >= 0.6 is 23.2 Å². The molecule has 2 aromatic rings. The van der Waals surface area contributed by atoms with Crippen LogP contribution in [0.15, 0.2) is 48.6 Å². The molecule has 0 saturated carbocycles. The van der Waals surface area contributed by atoms with E-state index in [1.165, 1.54) is 24.3 Å². The summed E-state index contributed by atoms with van der Waals surface area (Å²) in [6, 6.07) is 7.66. The molecular formula is C24H26Cl2F2N2O3. The summed E-state index contributed by atoms with van der Waals surface area (Å²) in [5, 5.41) is 21.4. The van der Waals surface area contributed by atoms with Crippen molar-refractivity contribution in [3.8, 4) is 0 Å². The molecule has 0 spiro atoms. The lowest BCUT2D eigenvalue weighted by Gasteiger charge is -2.34. The van der Waals surface area contributed by atoms with Crippen molar-refractivity contribution in [3.05, 3.63) is 81.4 Å². The van der Waals surface area contributed by atoms with Gasteiger partial charge in [0, 0.05) is 29.5 Å². The minimum atomic E-state index is -1.44. The monoisotopic (exact) mass is 498 g/mol. The summed E-state index contributed by atoms with van der Waals surface area (Å²) < 4.78 is 30.0. The normalized spacial score (nSPS) is 23.8. The first-order valence-electron chi connectivity index (χ1n) is 10.6. The van der Waals surface area contributed by atoms with Crippen LogP contribution in [0.2, 0.25) is 10.0 Å². The molecule has 1 aliphatic rings. The van der Waals surface area contributed by atoms with Gasteiger partial charge in [0.1, 0.15) is 11.6 Å². The molecule has 3 rings (SSSR count). The lowest BCUT2D eigenvalue weighted by molar-refractivity contribution is -0.120. The molecular weight excluding hydrogens is 473 g/mol. The van der Waals surface area contributed by atoms with Crippen LogP contribution in [0.1, 0.15) is 36.3 Å². The van der Waals surface area contributed by atoms with Gasteiger partial charge in [-0.15, -0.1) is 0 Å². The number of carbonyl (C=O) groups excluding carboxylic acids is 1. The van der Waals surface area contributed by atoms with Gasteiger partial charge in [-0.25, -0.2) is 8.78 Å². The number of rotatable bonds is 9. The second kappa shape index (κ2) is 11.0. The van der Waals surface area contributed by atoms with Gasteiger partial charge in [0.15, 0.2) is 5.78 Å². The Morgan fingerprint density at radius 3 is 2.73 bits per heavy atom. The van der Waals surface area contributed by atoms with Crippen molar-refractivity contribution in [2.45, 2.75) is 42.9 Å². The molecule has 4 atom stereocenters. The average Bonchev–Trinajstić information content (AvgIpc) is 3.12. The molecule has 2 aromatic carbocycles. The number of carbonyl (C=O) groups is 1. The van der Waals surface area contributed by atoms with Gasteiger partial charge in [-0.1, -0.05) is 53.6 Å². The highest BCUT2D eigenvalue weighted by Gasteiger charge is 2.52. The zero-order chi connectivity index (χ0) is 24.2. The Morgan fingerprint density at radius 2 is 2.03 bits per heavy atom. The number of aliphatic hydroxyl groups is 2. The largest absolute Gasteiger partial charge is 0.394 e. The summed E-state index contributed by atoms with van der Waals surface area (Å²) in [4.78, 5) is 13.1. The van der Waals surface area contributed by atoms with Crippen LogP contribution in [0, 0.1) is 11.6 Å². The minimum Gasteiger partial charge on any atom is -0.394 e. The number of halogens is 4. The fraction of sp³-hybridized carbons (Fsp3) is 0.375. The summed E-state index contributed by atoms with van der Waals surface area (Å²) in [6.45, 7) is -0.295. The Kier molecular flexibility index (Phi) is 8.61. The highest BCUT2D eigenvalue weighted by molar-refractivity contribution is 6.31. The molecule has 0 aliphatic carbocycles. The van der Waals surface area contributed by atoms with Gasteiger partial charge in [-0.2, -0.15) is 0 Å². The smallest absolute Gasteiger partial charge is 0.154 e. The highest BCUT2D eigenvalue weighted by atomic mass is 35.5. The van der Waals surface area contributed by atoms with Crippen LogP contribution in [0.5, 0.6) is 0 Å². The zero-order valence-corrected chi connectivity index (χ0v) is 19.3. The molecule has 1 aliphatic heterocycles. The minimum absolute atomic E-state index is 0.0325. The van der Waals surface area contributed by atoms with Crippen molar-refractivity contribution < 1.29 is 23.8 Å². The van der Waals surface area contributed by atoms with Crippen LogP contribution in [-0.2, 0) is 10.3 Å². The van der Waals surface area contributed by atoms with Crippen molar-refractivity contribution in [2.75, 3.05) is 13.2 Å². The van der Waals surface area contributed by atoms with Gasteiger partial charge >= 0.3 is 0 Å². The highest BCUT2D eigenvalue weighted by Crippen LogP contribution is 2.44. The van der Waals surface area contributed by atoms with Gasteiger partial charge < -0.3 is 21.3 Å². The number of Topliss-reactive ketones (excluding diaryl/α,β-unsaturated/α-hetero) is 1. The van der Waals surface area contributed by atoms with Crippen molar-refractivity contribution in [1.82, 2.24) is 5.32 Å². The molecule has 5 nitrogen and oxygen atoms in total. The maximum absolute atomic E-state index is 15.1. The first-order chi connectivity index (χ1) is 15.7. The van der Waals surface area contributed by atoms with Crippen LogP contribution in [0.4, 0.5) is 8.78 Å². The number of ketones is 1. The maximum atomic E-state index is 15.1. The Hall–Kier alpha value is -1.87. The molecule has 0 amide bonds. The van der Waals surface area contributed by atoms with E-state index in [0.717, 1.165) is 6.07 Å². The van der Waals surface area contributed by atoms with E-state index < -0.39 is 35.2 Å². The van der Waals surface area contributed by atoms with Crippen molar-refractivity contribution >= 4 is 29.0 Å². The summed E-state index contributed by atoms with van der Waals surface area (Å²) in [5.41, 5.74) is 5.51. The predicted octanol–water partition coefficient (Wildman–Crippen LogP) is 3.83. The van der Waals surface area contributed by atoms with Crippen LogP contribution in [0.25, 0.3) is 0 Å². The third-order valence-electron chi connectivity index (χ3n) is 5.96. The van der Waals surface area contributed by atoms with Crippen molar-refractivity contribution in [2.24, 2.45) is 5.73 Å². The van der Waals surface area contributed by atoms with Gasteiger partial charge in [-0.05, 0) is 36.6 Å². The van der Waals surface area contributed by atoms with E-state index in [1.807, 2.05) is 0 Å². The SMILES string of the molecule is N[C@]1(c2ccc(Cl)cc2F)CN[C@@H](C(=O)C/C=C/CC[C@H](O)CO)[C@@H]1c1cccc(Cl)c1F. The topological polar surface area (TPSA) is 95.6 Å². The summed E-state index contributed by atoms with van der Waals surface area (Å²) in [5.74, 6) is -2.53. The molecule has 33 heavy (non-hydrogen) atoms. The molecule has 5 N–H and O–H groups in total. The Morgan fingerprint density at radius 1 is 1.27 bits per heavy atom. The van der Waals surface area contributed by atoms with E-state index >= 15 is 4.39 Å². The Balaban J connectivity index is 1.93. The van der Waals surface area contributed by atoms with E-state index in [4.69, 9.17) is 34.0 Å². The van der Waals surface area contributed by atoms with Crippen LogP contribution in [0.3, 0.4) is 0 Å². The van der Waals surface area contributed by atoms with E-state index in [0.29, 0.717) is 12.8 Å². The first-order valence-corrected chi connectivity index (χ1v) is 11.3. The van der Waals surface area contributed by atoms with Gasteiger partial charge in [0.25, 0.3) is 0 Å². The van der Waals surface area contributed by atoms with Crippen LogP contribution < -0.4 is 11.1 Å². The third-order valence-corrected chi connectivity index (χ3v) is 6.49. The lowest BCUT2D eigenvalue weighted by Crippen LogP contribution is -2.46. The lowest BCUT2D eigenvalue weighted by atomic mass is 9.73. The molecule has 0 radical (unpaired) electrons. The molecule has 9 heteroatoms. The van der Waals surface area contributed by atoms with E-state index in [2.05, 4.69) is 5.32 Å². The van der Waals surface area contributed by atoms with Gasteiger partial charge in [-0.3, -0.25) is 4.79 Å². The average molecular weight is 499 g/mol. The Bertz CT molecular complexity index is 1040. The molecule has 0 bridgehead atoms. The molecule has 1 fully saturated rings. The number of aliphatic hydroxyl groups excluding tert-OH is 2. The fourth-order valence-electron chi connectivity index (χ4n) is 4.28. The molecule has 0 unspecified atom stereocenters. The van der Waals surface area contributed by atoms with Crippen molar-refractivity contribution in [3.63, 3.8) is 0 Å². The summed E-state index contributed by atoms with van der Waals surface area (Å²) >= 11 is 11.9. The number of hydrogen-bond acceptors (Lipinski definition) is 5. The number of nitrogens with one attached hydrogen (secondary N) is 1.